The maximum absolute atomic E-state index is 11.8. The quantitative estimate of drug-likeness (QED) is 0.174. The van der Waals surface area contributed by atoms with Gasteiger partial charge in [0.2, 0.25) is 0 Å². The van der Waals surface area contributed by atoms with Crippen LogP contribution in [0.25, 0.3) is 0 Å². The fourth-order valence-electron chi connectivity index (χ4n) is 2.76. The minimum Gasteiger partial charge on any atom is -0.481 e. The molecule has 4 atom stereocenters. The molecule has 132 valence electrons. The van der Waals surface area contributed by atoms with Gasteiger partial charge in [-0.1, -0.05) is 19.1 Å². The first-order valence-electron chi connectivity index (χ1n) is 7.53. The second-order valence-corrected chi connectivity index (χ2v) is 5.49. The normalized spacial score (nSPS) is 26.9. The van der Waals surface area contributed by atoms with Crippen molar-refractivity contribution >= 4 is 11.9 Å². The van der Waals surface area contributed by atoms with Crippen LogP contribution in [-0.4, -0.2) is 60.4 Å². The molecule has 3 N–H and O–H groups in total. The number of carboxylic acid groups (broad SMARTS) is 1. The van der Waals surface area contributed by atoms with Gasteiger partial charge < -0.3 is 19.7 Å². The van der Waals surface area contributed by atoms with E-state index in [0.29, 0.717) is 0 Å². The van der Waals surface area contributed by atoms with E-state index in [0.717, 1.165) is 0 Å². The summed E-state index contributed by atoms with van der Waals surface area (Å²) in [7, 11) is 0. The zero-order valence-corrected chi connectivity index (χ0v) is 13.1. The van der Waals surface area contributed by atoms with Gasteiger partial charge in [0.1, 0.15) is 6.61 Å². The molecular weight excluding hydrogens is 308 g/mol. The third-order valence-corrected chi connectivity index (χ3v) is 3.94. The van der Waals surface area contributed by atoms with Crippen molar-refractivity contribution in [3.63, 3.8) is 0 Å². The third-order valence-electron chi connectivity index (χ3n) is 3.94. The van der Waals surface area contributed by atoms with Gasteiger partial charge in [-0.05, 0) is 5.92 Å². The fourth-order valence-corrected chi connectivity index (χ4v) is 2.76. The van der Waals surface area contributed by atoms with Crippen LogP contribution in [0, 0.1) is 23.7 Å². The van der Waals surface area contributed by atoms with Crippen LogP contribution in [0.4, 0.5) is 0 Å². The molecule has 23 heavy (non-hydrogen) atoms. The summed E-state index contributed by atoms with van der Waals surface area (Å²) in [6.45, 7) is 2.02. The molecule has 0 spiro atoms. The molecule has 0 heterocycles. The van der Waals surface area contributed by atoms with Crippen molar-refractivity contribution in [1.82, 2.24) is 0 Å². The number of aliphatic carboxylic acids is 1. The minimum absolute atomic E-state index is 0.0482. The van der Waals surface area contributed by atoms with E-state index < -0.39 is 29.7 Å². The van der Waals surface area contributed by atoms with E-state index in [1.54, 1.807) is 6.08 Å². The standard InChI is InChI=1S/C15H24O8/c1-10-2-3-11(14(15(18)19)12(10)9-23-20)8-13(17)22-7-6-21-5-4-16/h2-3,10-12,14,16,20H,4-9H2,1H3,(H,18,19). The van der Waals surface area contributed by atoms with Crippen molar-refractivity contribution in [2.75, 3.05) is 33.0 Å². The Labute approximate surface area is 134 Å². The third kappa shape index (κ3) is 6.26. The first kappa shape index (κ1) is 19.6. The number of hydrogen-bond donors (Lipinski definition) is 3. The van der Waals surface area contributed by atoms with E-state index in [-0.39, 0.29) is 45.4 Å². The number of carbonyl (C=O) groups excluding carboxylic acids is 1. The molecule has 0 aromatic carbocycles. The van der Waals surface area contributed by atoms with Crippen LogP contribution in [0.1, 0.15) is 13.3 Å². The molecule has 0 fully saturated rings. The molecule has 1 rings (SSSR count). The van der Waals surface area contributed by atoms with Crippen LogP contribution in [0.3, 0.4) is 0 Å². The topological polar surface area (TPSA) is 123 Å². The van der Waals surface area contributed by atoms with Crippen molar-refractivity contribution in [2.45, 2.75) is 13.3 Å². The molecular formula is C15H24O8. The Morgan fingerprint density at radius 2 is 1.91 bits per heavy atom. The van der Waals surface area contributed by atoms with Gasteiger partial charge in [0.05, 0.1) is 38.8 Å². The maximum atomic E-state index is 11.8. The molecule has 4 unspecified atom stereocenters. The van der Waals surface area contributed by atoms with Crippen LogP contribution in [0.15, 0.2) is 12.2 Å². The number of aliphatic hydroxyl groups is 1. The number of carbonyl (C=O) groups is 2. The average molecular weight is 332 g/mol. The number of rotatable bonds is 10. The Hall–Kier alpha value is -1.48. The van der Waals surface area contributed by atoms with E-state index in [1.807, 2.05) is 13.0 Å². The number of aliphatic hydroxyl groups excluding tert-OH is 1. The number of ether oxygens (including phenoxy) is 2. The molecule has 1 aliphatic carbocycles. The van der Waals surface area contributed by atoms with Gasteiger partial charge in [-0.2, -0.15) is 0 Å². The lowest BCUT2D eigenvalue weighted by molar-refractivity contribution is -0.257. The van der Waals surface area contributed by atoms with Crippen LogP contribution in [0.5, 0.6) is 0 Å². The molecule has 0 aromatic rings. The van der Waals surface area contributed by atoms with Crippen molar-refractivity contribution in [3.05, 3.63) is 12.2 Å². The Kier molecular flexibility index (Phi) is 8.78. The zero-order valence-electron chi connectivity index (χ0n) is 13.1. The monoisotopic (exact) mass is 332 g/mol. The largest absolute Gasteiger partial charge is 0.481 e. The van der Waals surface area contributed by atoms with E-state index in [4.69, 9.17) is 19.8 Å². The smallest absolute Gasteiger partial charge is 0.307 e. The SMILES string of the molecule is CC1C=CC(CC(=O)OCCOCCO)C(C(=O)O)C1COO. The molecule has 0 saturated carbocycles. The van der Waals surface area contributed by atoms with Crippen molar-refractivity contribution in [1.29, 1.82) is 0 Å². The predicted octanol–water partition coefficient (Wildman–Crippen LogP) is 0.557. The van der Waals surface area contributed by atoms with Gasteiger partial charge >= 0.3 is 11.9 Å². The lowest BCUT2D eigenvalue weighted by Gasteiger charge is -2.34. The summed E-state index contributed by atoms with van der Waals surface area (Å²) in [6.07, 6.45) is 3.47. The number of carboxylic acids is 1. The van der Waals surface area contributed by atoms with E-state index in [2.05, 4.69) is 4.89 Å². The summed E-state index contributed by atoms with van der Waals surface area (Å²) >= 11 is 0. The lowest BCUT2D eigenvalue weighted by atomic mass is 9.70. The molecule has 0 saturated heterocycles. The molecule has 8 heteroatoms. The van der Waals surface area contributed by atoms with Crippen molar-refractivity contribution < 1.29 is 39.4 Å². The first-order valence-corrected chi connectivity index (χ1v) is 7.53. The first-order chi connectivity index (χ1) is 11.0. The van der Waals surface area contributed by atoms with E-state index in [1.165, 1.54) is 0 Å². The average Bonchev–Trinajstić information content (AvgIpc) is 2.50. The maximum Gasteiger partial charge on any atom is 0.307 e. The van der Waals surface area contributed by atoms with Crippen LogP contribution < -0.4 is 0 Å². The molecule has 0 aliphatic heterocycles. The van der Waals surface area contributed by atoms with Gasteiger partial charge in [0.25, 0.3) is 0 Å². The van der Waals surface area contributed by atoms with E-state index in [9.17, 15) is 14.7 Å². The Bertz CT molecular complexity index is 408. The zero-order chi connectivity index (χ0) is 17.2. The van der Waals surface area contributed by atoms with Gasteiger partial charge in [0, 0.05) is 11.8 Å². The summed E-state index contributed by atoms with van der Waals surface area (Å²) < 4.78 is 9.95. The van der Waals surface area contributed by atoms with Crippen molar-refractivity contribution in [3.8, 4) is 0 Å². The predicted molar refractivity (Wildman–Crippen MR) is 78.5 cm³/mol. The number of allylic oxidation sites excluding steroid dienone is 2. The highest BCUT2D eigenvalue weighted by molar-refractivity contribution is 5.75. The summed E-state index contributed by atoms with van der Waals surface area (Å²) in [6, 6.07) is 0. The highest BCUT2D eigenvalue weighted by Crippen LogP contribution is 2.36. The van der Waals surface area contributed by atoms with Crippen LogP contribution >= 0.6 is 0 Å². The summed E-state index contributed by atoms with van der Waals surface area (Å²) in [5.41, 5.74) is 0. The van der Waals surface area contributed by atoms with Gasteiger partial charge in [-0.3, -0.25) is 14.8 Å². The van der Waals surface area contributed by atoms with Gasteiger partial charge in [-0.15, -0.1) is 0 Å². The second kappa shape index (κ2) is 10.3. The van der Waals surface area contributed by atoms with Gasteiger partial charge in [-0.25, -0.2) is 4.89 Å². The minimum atomic E-state index is -1.03. The summed E-state index contributed by atoms with van der Waals surface area (Å²) in [4.78, 5) is 27.5. The van der Waals surface area contributed by atoms with Gasteiger partial charge in [0.15, 0.2) is 0 Å². The Morgan fingerprint density at radius 1 is 1.17 bits per heavy atom. The van der Waals surface area contributed by atoms with Crippen LogP contribution in [0.2, 0.25) is 0 Å². The molecule has 1 aliphatic rings. The summed E-state index contributed by atoms with van der Waals surface area (Å²) in [5.74, 6) is -3.41. The Morgan fingerprint density at radius 3 is 2.52 bits per heavy atom. The Balaban J connectivity index is 2.57. The molecule has 8 nitrogen and oxygen atoms in total. The highest BCUT2D eigenvalue weighted by Gasteiger charge is 2.40. The molecule has 0 amide bonds. The van der Waals surface area contributed by atoms with Crippen LogP contribution in [-0.2, 0) is 24.0 Å². The highest BCUT2D eigenvalue weighted by atomic mass is 17.1. The molecule has 0 aromatic heterocycles. The molecule has 0 bridgehead atoms. The van der Waals surface area contributed by atoms with Crippen molar-refractivity contribution in [2.24, 2.45) is 23.7 Å². The second-order valence-electron chi connectivity index (χ2n) is 5.49. The summed E-state index contributed by atoms with van der Waals surface area (Å²) in [5, 5.41) is 26.6. The fraction of sp³-hybridized carbons (Fsp3) is 0.733. The molecule has 0 radical (unpaired) electrons. The number of hydrogen-bond acceptors (Lipinski definition) is 7. The lowest BCUT2D eigenvalue weighted by Crippen LogP contribution is -2.39. The van der Waals surface area contributed by atoms with E-state index >= 15 is 0 Å². The number of esters is 1.